The fourth-order valence-corrected chi connectivity index (χ4v) is 4.05. The number of carboxylic acids is 1. The van der Waals surface area contributed by atoms with E-state index < -0.39 is 16.3 Å². The maximum Gasteiger partial charge on any atom is 0.311 e. The van der Waals surface area contributed by atoms with Crippen LogP contribution in [0.5, 0.6) is 0 Å². The Morgan fingerprint density at radius 1 is 1.52 bits per heavy atom. The van der Waals surface area contributed by atoms with Crippen LogP contribution in [0.4, 0.5) is 11.6 Å². The molecule has 8 nitrogen and oxygen atoms in total. The molecule has 0 radical (unpaired) electrons. The molecule has 120 valence electrons. The number of rotatable bonds is 3. The summed E-state index contributed by atoms with van der Waals surface area (Å²) in [4.78, 5) is 31.7. The molecule has 0 spiro atoms. The van der Waals surface area contributed by atoms with E-state index in [1.807, 2.05) is 4.90 Å². The Kier molecular flexibility index (Phi) is 2.84. The van der Waals surface area contributed by atoms with Gasteiger partial charge in [-0.25, -0.2) is 4.98 Å². The molecule has 0 amide bonds. The van der Waals surface area contributed by atoms with Gasteiger partial charge in [-0.15, -0.1) is 0 Å². The quantitative estimate of drug-likeness (QED) is 0.663. The average Bonchev–Trinajstić information content (AvgIpc) is 3.17. The molecule has 1 aliphatic heterocycles. The number of H-pyrrole nitrogens is 1. The number of aliphatic carboxylic acids is 1. The van der Waals surface area contributed by atoms with Crippen molar-refractivity contribution in [2.45, 2.75) is 19.3 Å². The van der Waals surface area contributed by atoms with E-state index in [1.54, 1.807) is 6.07 Å². The highest BCUT2D eigenvalue weighted by Gasteiger charge is 2.55. The van der Waals surface area contributed by atoms with E-state index in [2.05, 4.69) is 9.97 Å². The fraction of sp³-hybridized carbons (Fsp3) is 0.467. The van der Waals surface area contributed by atoms with Crippen molar-refractivity contribution in [3.05, 3.63) is 28.3 Å². The highest BCUT2D eigenvalue weighted by atomic mass is 16.6. The number of hydrogen-bond donors (Lipinski definition) is 2. The molecular weight excluding hydrogens is 300 g/mol. The van der Waals surface area contributed by atoms with Gasteiger partial charge in [0.2, 0.25) is 5.95 Å². The molecule has 1 aliphatic carbocycles. The van der Waals surface area contributed by atoms with Crippen LogP contribution in [0.3, 0.4) is 0 Å². The van der Waals surface area contributed by atoms with Gasteiger partial charge in [0.15, 0.2) is 0 Å². The first-order chi connectivity index (χ1) is 11.0. The second kappa shape index (κ2) is 4.68. The summed E-state index contributed by atoms with van der Waals surface area (Å²) in [5.74, 6) is 0.00678. The van der Waals surface area contributed by atoms with Crippen molar-refractivity contribution in [2.24, 2.45) is 11.3 Å². The van der Waals surface area contributed by atoms with Gasteiger partial charge in [0.05, 0.1) is 21.4 Å². The van der Waals surface area contributed by atoms with Crippen molar-refractivity contribution in [1.29, 1.82) is 0 Å². The first-order valence-corrected chi connectivity index (χ1v) is 7.62. The van der Waals surface area contributed by atoms with Crippen LogP contribution in [0.1, 0.15) is 19.3 Å². The number of aromatic amines is 1. The molecule has 2 aliphatic rings. The van der Waals surface area contributed by atoms with Crippen LogP contribution in [0.25, 0.3) is 11.0 Å². The second-order valence-corrected chi connectivity index (χ2v) is 6.45. The van der Waals surface area contributed by atoms with Gasteiger partial charge in [0, 0.05) is 25.2 Å². The third-order valence-electron chi connectivity index (χ3n) is 5.26. The Morgan fingerprint density at radius 3 is 3.04 bits per heavy atom. The van der Waals surface area contributed by atoms with Crippen LogP contribution in [0, 0.1) is 21.4 Å². The number of non-ortho nitro benzene ring substituents is 1. The van der Waals surface area contributed by atoms with E-state index in [1.165, 1.54) is 12.1 Å². The van der Waals surface area contributed by atoms with Crippen molar-refractivity contribution in [2.75, 3.05) is 18.0 Å². The van der Waals surface area contributed by atoms with Gasteiger partial charge in [0.1, 0.15) is 0 Å². The second-order valence-electron chi connectivity index (χ2n) is 6.45. The van der Waals surface area contributed by atoms with Crippen molar-refractivity contribution in [3.8, 4) is 0 Å². The zero-order valence-electron chi connectivity index (χ0n) is 12.4. The Labute approximate surface area is 131 Å². The normalized spacial score (nSPS) is 26.6. The van der Waals surface area contributed by atoms with Crippen molar-refractivity contribution < 1.29 is 14.8 Å². The molecule has 2 N–H and O–H groups in total. The van der Waals surface area contributed by atoms with Crippen LogP contribution in [-0.2, 0) is 4.79 Å². The minimum Gasteiger partial charge on any atom is -0.481 e. The predicted molar refractivity (Wildman–Crippen MR) is 82.4 cm³/mol. The molecule has 1 saturated heterocycles. The van der Waals surface area contributed by atoms with Gasteiger partial charge in [-0.3, -0.25) is 14.9 Å². The van der Waals surface area contributed by atoms with E-state index in [0.29, 0.717) is 36.5 Å². The minimum absolute atomic E-state index is 0.00741. The largest absolute Gasteiger partial charge is 0.481 e. The molecule has 2 fully saturated rings. The summed E-state index contributed by atoms with van der Waals surface area (Å²) in [6.45, 7) is 1.10. The number of aromatic nitrogens is 2. The molecule has 1 saturated carbocycles. The lowest BCUT2D eigenvalue weighted by Gasteiger charge is -2.23. The number of nitrogens with zero attached hydrogens (tertiary/aromatic N) is 3. The van der Waals surface area contributed by atoms with E-state index >= 15 is 0 Å². The number of imidazole rings is 1. The van der Waals surface area contributed by atoms with Gasteiger partial charge < -0.3 is 15.0 Å². The highest BCUT2D eigenvalue weighted by Crippen LogP contribution is 2.49. The number of nitrogens with one attached hydrogen (secondary N) is 1. The standard InChI is InChI=1S/C15H16N4O4/c20-13(21)15-5-1-2-9(15)7-18(8-15)14-16-11-4-3-10(19(22)23)6-12(11)17-14/h3-4,6,9H,1-2,5,7-8H2,(H,16,17)(H,20,21)/t9-,15+/m0/s1. The Balaban J connectivity index is 1.68. The number of carbonyl (C=O) groups is 1. The zero-order valence-corrected chi connectivity index (χ0v) is 12.4. The number of nitro benzene ring substituents is 1. The van der Waals surface area contributed by atoms with Gasteiger partial charge >= 0.3 is 5.97 Å². The topological polar surface area (TPSA) is 112 Å². The van der Waals surface area contributed by atoms with Crippen molar-refractivity contribution >= 4 is 28.6 Å². The first-order valence-electron chi connectivity index (χ1n) is 7.62. The maximum atomic E-state index is 11.7. The monoisotopic (exact) mass is 316 g/mol. The molecule has 2 atom stereocenters. The van der Waals surface area contributed by atoms with Gasteiger partial charge in [-0.2, -0.15) is 0 Å². The lowest BCUT2D eigenvalue weighted by molar-refractivity contribution is -0.384. The van der Waals surface area contributed by atoms with Crippen LogP contribution < -0.4 is 4.90 Å². The summed E-state index contributed by atoms with van der Waals surface area (Å²) in [7, 11) is 0. The SMILES string of the molecule is O=C(O)[C@@]12CCC[C@H]1CN(c1nc3ccc([N+](=O)[O-])cc3[nH]1)C2. The third kappa shape index (κ3) is 1.97. The Hall–Kier alpha value is -2.64. The summed E-state index contributed by atoms with van der Waals surface area (Å²) in [5, 5.41) is 20.5. The van der Waals surface area contributed by atoms with Crippen LogP contribution >= 0.6 is 0 Å². The summed E-state index contributed by atoms with van der Waals surface area (Å²) >= 11 is 0. The Morgan fingerprint density at radius 2 is 2.35 bits per heavy atom. The number of anilines is 1. The molecule has 0 unspecified atom stereocenters. The number of hydrogen-bond acceptors (Lipinski definition) is 5. The van der Waals surface area contributed by atoms with Crippen LogP contribution in [0.2, 0.25) is 0 Å². The van der Waals surface area contributed by atoms with E-state index in [4.69, 9.17) is 0 Å². The number of benzene rings is 1. The minimum atomic E-state index is -0.728. The number of carboxylic acid groups (broad SMARTS) is 1. The molecule has 2 heterocycles. The van der Waals surface area contributed by atoms with Gasteiger partial charge in [-0.05, 0) is 24.8 Å². The summed E-state index contributed by atoms with van der Waals surface area (Å²) in [6.07, 6.45) is 2.58. The maximum absolute atomic E-state index is 11.7. The Bertz CT molecular complexity index is 817. The highest BCUT2D eigenvalue weighted by molar-refractivity contribution is 5.81. The molecule has 1 aromatic heterocycles. The molecule has 8 heteroatoms. The molecular formula is C15H16N4O4. The summed E-state index contributed by atoms with van der Waals surface area (Å²) < 4.78 is 0. The van der Waals surface area contributed by atoms with E-state index in [9.17, 15) is 20.0 Å². The lowest BCUT2D eigenvalue weighted by atomic mass is 9.81. The summed E-state index contributed by atoms with van der Waals surface area (Å²) in [5.41, 5.74) is 0.570. The molecule has 4 rings (SSSR count). The van der Waals surface area contributed by atoms with Crippen LogP contribution in [0.15, 0.2) is 18.2 Å². The van der Waals surface area contributed by atoms with Crippen LogP contribution in [-0.4, -0.2) is 39.1 Å². The number of nitro groups is 1. The van der Waals surface area contributed by atoms with E-state index in [-0.39, 0.29) is 11.6 Å². The fourth-order valence-electron chi connectivity index (χ4n) is 4.05. The molecule has 1 aromatic carbocycles. The lowest BCUT2D eigenvalue weighted by Crippen LogP contribution is -2.35. The van der Waals surface area contributed by atoms with Crippen molar-refractivity contribution in [1.82, 2.24) is 9.97 Å². The smallest absolute Gasteiger partial charge is 0.311 e. The molecule has 23 heavy (non-hydrogen) atoms. The predicted octanol–water partition coefficient (Wildman–Crippen LogP) is 2.16. The molecule has 0 bridgehead atoms. The van der Waals surface area contributed by atoms with Gasteiger partial charge in [-0.1, -0.05) is 6.42 Å². The molecule has 2 aromatic rings. The zero-order chi connectivity index (χ0) is 16.2. The first kappa shape index (κ1) is 14.0. The summed E-state index contributed by atoms with van der Waals surface area (Å²) in [6, 6.07) is 4.48. The van der Waals surface area contributed by atoms with Crippen molar-refractivity contribution in [3.63, 3.8) is 0 Å². The van der Waals surface area contributed by atoms with E-state index in [0.717, 1.165) is 12.8 Å². The third-order valence-corrected chi connectivity index (χ3v) is 5.26. The van der Waals surface area contributed by atoms with Gasteiger partial charge in [0.25, 0.3) is 5.69 Å². The average molecular weight is 316 g/mol. The number of fused-ring (bicyclic) bond motifs is 2.